The van der Waals surface area contributed by atoms with Crippen molar-refractivity contribution in [1.82, 2.24) is 20.3 Å². The fourth-order valence-electron chi connectivity index (χ4n) is 1.44. The number of phenolic OH excluding ortho intramolecular Hbond substituents is 1. The van der Waals surface area contributed by atoms with E-state index in [-0.39, 0.29) is 12.3 Å². The summed E-state index contributed by atoms with van der Waals surface area (Å²) in [5, 5.41) is 15.6. The molecule has 0 aliphatic heterocycles. The molecule has 1 aromatic heterocycles. The highest BCUT2D eigenvalue weighted by Gasteiger charge is 2.05. The third-order valence-corrected chi connectivity index (χ3v) is 2.47. The molecular weight excluding hydrogens is 274 g/mol. The second kappa shape index (κ2) is 6.85. The number of phenols is 1. The quantitative estimate of drug-likeness (QED) is 0.555. The number of imidazole rings is 1. The number of rotatable bonds is 4. The molecule has 0 aliphatic rings. The maximum atomic E-state index is 11.5. The molecule has 0 atom stereocenters. The maximum absolute atomic E-state index is 11.5. The SMILES string of the molecule is O=C(CNC(=O)n1ccnc1)N/N=C/c1ccccc1O. The third-order valence-electron chi connectivity index (χ3n) is 2.47. The molecule has 1 heterocycles. The number of nitrogens with one attached hydrogen (secondary N) is 2. The maximum Gasteiger partial charge on any atom is 0.327 e. The predicted octanol–water partition coefficient (Wildman–Crippen LogP) is 0.297. The monoisotopic (exact) mass is 287 g/mol. The van der Waals surface area contributed by atoms with Gasteiger partial charge in [-0.1, -0.05) is 12.1 Å². The van der Waals surface area contributed by atoms with Gasteiger partial charge in [0, 0.05) is 18.0 Å². The van der Waals surface area contributed by atoms with Gasteiger partial charge in [-0.2, -0.15) is 5.10 Å². The summed E-state index contributed by atoms with van der Waals surface area (Å²) in [6.45, 7) is -0.227. The Balaban J connectivity index is 1.78. The molecule has 8 nitrogen and oxygen atoms in total. The van der Waals surface area contributed by atoms with Gasteiger partial charge in [0.2, 0.25) is 0 Å². The zero-order chi connectivity index (χ0) is 15.1. The van der Waals surface area contributed by atoms with Crippen LogP contribution in [0.5, 0.6) is 5.75 Å². The number of aromatic nitrogens is 2. The average molecular weight is 287 g/mol. The Morgan fingerprint density at radius 3 is 2.90 bits per heavy atom. The number of para-hydroxylation sites is 1. The third kappa shape index (κ3) is 4.16. The number of hydrogen-bond donors (Lipinski definition) is 3. The normalized spacial score (nSPS) is 10.5. The van der Waals surface area contributed by atoms with Crippen LogP contribution in [0, 0.1) is 0 Å². The number of hydrogen-bond acceptors (Lipinski definition) is 5. The average Bonchev–Trinajstić information content (AvgIpc) is 3.01. The van der Waals surface area contributed by atoms with Crippen molar-refractivity contribution in [3.63, 3.8) is 0 Å². The van der Waals surface area contributed by atoms with E-state index < -0.39 is 11.9 Å². The molecule has 0 spiro atoms. The summed E-state index contributed by atoms with van der Waals surface area (Å²) in [5.41, 5.74) is 2.71. The summed E-state index contributed by atoms with van der Waals surface area (Å²) in [5.74, 6) is -0.431. The van der Waals surface area contributed by atoms with E-state index >= 15 is 0 Å². The summed E-state index contributed by atoms with van der Waals surface area (Å²) < 4.78 is 1.21. The Morgan fingerprint density at radius 1 is 1.38 bits per heavy atom. The van der Waals surface area contributed by atoms with Crippen molar-refractivity contribution in [1.29, 1.82) is 0 Å². The second-order valence-corrected chi connectivity index (χ2v) is 3.98. The fraction of sp³-hybridized carbons (Fsp3) is 0.0769. The van der Waals surface area contributed by atoms with Crippen LogP contribution in [0.4, 0.5) is 4.79 Å². The highest BCUT2D eigenvalue weighted by atomic mass is 16.3. The van der Waals surface area contributed by atoms with E-state index in [2.05, 4.69) is 20.8 Å². The van der Waals surface area contributed by atoms with E-state index in [1.807, 2.05) is 0 Å². The molecule has 0 unspecified atom stereocenters. The lowest BCUT2D eigenvalue weighted by molar-refractivity contribution is -0.120. The Kier molecular flexibility index (Phi) is 4.65. The summed E-state index contributed by atoms with van der Waals surface area (Å²) in [6.07, 6.45) is 5.55. The van der Waals surface area contributed by atoms with Gasteiger partial charge in [0.15, 0.2) is 0 Å². The van der Waals surface area contributed by atoms with Crippen molar-refractivity contribution in [2.75, 3.05) is 6.54 Å². The van der Waals surface area contributed by atoms with Gasteiger partial charge in [0.25, 0.3) is 5.91 Å². The summed E-state index contributed by atoms with van der Waals surface area (Å²) in [4.78, 5) is 26.7. The molecule has 0 saturated heterocycles. The summed E-state index contributed by atoms with van der Waals surface area (Å²) in [7, 11) is 0. The molecule has 0 saturated carbocycles. The van der Waals surface area contributed by atoms with Gasteiger partial charge in [0.1, 0.15) is 18.6 Å². The van der Waals surface area contributed by atoms with Crippen LogP contribution in [0.1, 0.15) is 5.56 Å². The number of amides is 2. The number of carbonyl (C=O) groups excluding carboxylic acids is 2. The van der Waals surface area contributed by atoms with Crippen LogP contribution in [0.2, 0.25) is 0 Å². The van der Waals surface area contributed by atoms with Gasteiger partial charge in [0.05, 0.1) is 6.21 Å². The van der Waals surface area contributed by atoms with Crippen LogP contribution in [0.25, 0.3) is 0 Å². The number of carbonyl (C=O) groups is 2. The van der Waals surface area contributed by atoms with Crippen molar-refractivity contribution in [2.45, 2.75) is 0 Å². The molecule has 0 fully saturated rings. The van der Waals surface area contributed by atoms with E-state index in [1.165, 1.54) is 35.6 Å². The summed E-state index contributed by atoms with van der Waals surface area (Å²) >= 11 is 0. The number of benzene rings is 1. The van der Waals surface area contributed by atoms with E-state index in [9.17, 15) is 14.7 Å². The molecule has 1 aromatic carbocycles. The van der Waals surface area contributed by atoms with Gasteiger partial charge in [-0.3, -0.25) is 9.36 Å². The molecule has 2 amide bonds. The van der Waals surface area contributed by atoms with Crippen LogP contribution in [0.3, 0.4) is 0 Å². The van der Waals surface area contributed by atoms with Crippen molar-refractivity contribution in [3.8, 4) is 5.75 Å². The molecule has 2 rings (SSSR count). The van der Waals surface area contributed by atoms with Crippen LogP contribution in [0.15, 0.2) is 48.1 Å². The first-order valence-corrected chi connectivity index (χ1v) is 6.03. The molecular formula is C13H13N5O3. The molecule has 108 valence electrons. The number of hydrazone groups is 1. The van der Waals surface area contributed by atoms with Crippen LogP contribution < -0.4 is 10.7 Å². The number of aromatic hydroxyl groups is 1. The first-order chi connectivity index (χ1) is 10.2. The minimum atomic E-state index is -0.491. The van der Waals surface area contributed by atoms with Crippen molar-refractivity contribution in [2.24, 2.45) is 5.10 Å². The standard InChI is InChI=1S/C13H13N5O3/c19-11-4-2-1-3-10(11)7-16-17-12(20)8-15-13(21)18-6-5-14-9-18/h1-7,9,19H,8H2,(H,15,21)(H,17,20)/b16-7+. The van der Waals surface area contributed by atoms with E-state index in [4.69, 9.17) is 0 Å². The Bertz CT molecular complexity index is 652. The fourth-order valence-corrected chi connectivity index (χ4v) is 1.44. The molecule has 2 aromatic rings. The molecule has 0 radical (unpaired) electrons. The zero-order valence-corrected chi connectivity index (χ0v) is 10.9. The minimum Gasteiger partial charge on any atom is -0.507 e. The van der Waals surface area contributed by atoms with E-state index in [0.717, 1.165) is 0 Å². The molecule has 3 N–H and O–H groups in total. The first-order valence-electron chi connectivity index (χ1n) is 6.03. The number of nitrogens with zero attached hydrogens (tertiary/aromatic N) is 3. The van der Waals surface area contributed by atoms with Crippen molar-refractivity contribution in [3.05, 3.63) is 48.5 Å². The van der Waals surface area contributed by atoms with E-state index in [1.54, 1.807) is 18.2 Å². The Morgan fingerprint density at radius 2 is 2.19 bits per heavy atom. The van der Waals surface area contributed by atoms with Gasteiger partial charge in [-0.15, -0.1) is 0 Å². The lowest BCUT2D eigenvalue weighted by atomic mass is 10.2. The Labute approximate surface area is 120 Å². The van der Waals surface area contributed by atoms with E-state index in [0.29, 0.717) is 5.56 Å². The minimum absolute atomic E-state index is 0.0592. The molecule has 8 heteroatoms. The van der Waals surface area contributed by atoms with Crippen LogP contribution in [-0.2, 0) is 4.79 Å². The molecule has 0 aliphatic carbocycles. The second-order valence-electron chi connectivity index (χ2n) is 3.98. The largest absolute Gasteiger partial charge is 0.507 e. The van der Waals surface area contributed by atoms with Crippen molar-refractivity contribution < 1.29 is 14.7 Å². The molecule has 21 heavy (non-hydrogen) atoms. The van der Waals surface area contributed by atoms with Crippen LogP contribution in [-0.4, -0.2) is 39.4 Å². The van der Waals surface area contributed by atoms with Gasteiger partial charge in [-0.05, 0) is 12.1 Å². The topological polar surface area (TPSA) is 109 Å². The highest BCUT2D eigenvalue weighted by Crippen LogP contribution is 2.12. The zero-order valence-electron chi connectivity index (χ0n) is 10.9. The first kappa shape index (κ1) is 14.3. The van der Waals surface area contributed by atoms with Crippen molar-refractivity contribution >= 4 is 18.2 Å². The summed E-state index contributed by atoms with van der Waals surface area (Å²) in [6, 6.07) is 6.10. The Hall–Kier alpha value is -3.16. The van der Waals surface area contributed by atoms with Gasteiger partial charge < -0.3 is 10.4 Å². The molecule has 0 bridgehead atoms. The van der Waals surface area contributed by atoms with Gasteiger partial charge >= 0.3 is 6.03 Å². The lowest BCUT2D eigenvalue weighted by Gasteiger charge is -2.03. The van der Waals surface area contributed by atoms with Gasteiger partial charge in [-0.25, -0.2) is 15.2 Å². The van der Waals surface area contributed by atoms with Crippen LogP contribution >= 0.6 is 0 Å². The highest BCUT2D eigenvalue weighted by molar-refractivity contribution is 5.87. The predicted molar refractivity (Wildman–Crippen MR) is 74.9 cm³/mol. The smallest absolute Gasteiger partial charge is 0.327 e. The lowest BCUT2D eigenvalue weighted by Crippen LogP contribution is -2.36.